The van der Waals surface area contributed by atoms with Gasteiger partial charge >= 0.3 is 0 Å². The van der Waals surface area contributed by atoms with Gasteiger partial charge in [-0.1, -0.05) is 6.07 Å². The fraction of sp³-hybridized carbons (Fsp3) is 0.600. The lowest BCUT2D eigenvalue weighted by atomic mass is 10.1. The smallest absolute Gasteiger partial charge is 0.121 e. The third-order valence-electron chi connectivity index (χ3n) is 3.45. The van der Waals surface area contributed by atoms with Crippen LogP contribution >= 0.6 is 0 Å². The van der Waals surface area contributed by atoms with E-state index in [0.29, 0.717) is 6.04 Å². The third-order valence-corrected chi connectivity index (χ3v) is 3.45. The van der Waals surface area contributed by atoms with Gasteiger partial charge in [0.25, 0.3) is 0 Å². The lowest BCUT2D eigenvalue weighted by molar-refractivity contribution is 0.261. The van der Waals surface area contributed by atoms with E-state index in [1.807, 2.05) is 6.07 Å². The lowest BCUT2D eigenvalue weighted by Crippen LogP contribution is -2.42. The van der Waals surface area contributed by atoms with E-state index < -0.39 is 0 Å². The van der Waals surface area contributed by atoms with Crippen LogP contribution in [0.3, 0.4) is 0 Å². The van der Waals surface area contributed by atoms with Crippen LogP contribution < -0.4 is 15.4 Å². The summed E-state index contributed by atoms with van der Waals surface area (Å²) in [6, 6.07) is 8.63. The molecule has 0 radical (unpaired) electrons. The summed E-state index contributed by atoms with van der Waals surface area (Å²) in [5.74, 6) is 0.943. The molecule has 1 aliphatic heterocycles. The highest BCUT2D eigenvalue weighted by molar-refractivity contribution is 5.51. The zero-order chi connectivity index (χ0) is 13.7. The molecular weight excluding hydrogens is 238 g/mol. The number of nitrogens with zero attached hydrogens (tertiary/aromatic N) is 2. The summed E-state index contributed by atoms with van der Waals surface area (Å²) in [5.41, 5.74) is 7.26. The monoisotopic (exact) mass is 263 g/mol. The zero-order valence-corrected chi connectivity index (χ0v) is 12.0. The zero-order valence-electron chi connectivity index (χ0n) is 12.0. The fourth-order valence-electron chi connectivity index (χ4n) is 2.36. The fourth-order valence-corrected chi connectivity index (χ4v) is 2.36. The molecule has 1 aromatic carbocycles. The van der Waals surface area contributed by atoms with Gasteiger partial charge in [0.1, 0.15) is 12.4 Å². The molecule has 106 valence electrons. The van der Waals surface area contributed by atoms with Crippen LogP contribution in [-0.4, -0.2) is 51.3 Å². The van der Waals surface area contributed by atoms with Crippen LogP contribution in [0.25, 0.3) is 0 Å². The van der Waals surface area contributed by atoms with Gasteiger partial charge in [-0.05, 0) is 39.1 Å². The number of nitrogens with two attached hydrogens (primary N) is 1. The van der Waals surface area contributed by atoms with Gasteiger partial charge in [-0.25, -0.2) is 0 Å². The van der Waals surface area contributed by atoms with Crippen molar-refractivity contribution in [3.63, 3.8) is 0 Å². The minimum absolute atomic E-state index is 0.298. The summed E-state index contributed by atoms with van der Waals surface area (Å²) < 4.78 is 5.78. The molecule has 0 amide bonds. The molecule has 0 aliphatic carbocycles. The number of hydrogen-bond acceptors (Lipinski definition) is 4. The average molecular weight is 263 g/mol. The van der Waals surface area contributed by atoms with Crippen molar-refractivity contribution in [2.45, 2.75) is 18.9 Å². The van der Waals surface area contributed by atoms with Crippen LogP contribution in [0.5, 0.6) is 5.75 Å². The lowest BCUT2D eigenvalue weighted by Gasteiger charge is -2.32. The van der Waals surface area contributed by atoms with Crippen molar-refractivity contribution in [2.75, 3.05) is 45.2 Å². The van der Waals surface area contributed by atoms with Crippen LogP contribution in [0.15, 0.2) is 24.3 Å². The van der Waals surface area contributed by atoms with E-state index in [4.69, 9.17) is 10.5 Å². The Morgan fingerprint density at radius 2 is 2.26 bits per heavy atom. The topological polar surface area (TPSA) is 41.7 Å². The average Bonchev–Trinajstić information content (AvgIpc) is 2.39. The Balaban J connectivity index is 1.94. The maximum Gasteiger partial charge on any atom is 0.121 e. The number of piperidine rings is 1. The van der Waals surface area contributed by atoms with Crippen molar-refractivity contribution >= 4 is 5.69 Å². The largest absolute Gasteiger partial charge is 0.492 e. The van der Waals surface area contributed by atoms with E-state index in [2.05, 4.69) is 42.1 Å². The van der Waals surface area contributed by atoms with Crippen molar-refractivity contribution in [1.82, 2.24) is 4.90 Å². The second-order valence-corrected chi connectivity index (χ2v) is 5.50. The molecule has 1 saturated heterocycles. The number of anilines is 1. The molecule has 1 aliphatic rings. The summed E-state index contributed by atoms with van der Waals surface area (Å²) in [4.78, 5) is 4.47. The highest BCUT2D eigenvalue weighted by Gasteiger charge is 2.17. The molecule has 0 spiro atoms. The van der Waals surface area contributed by atoms with Crippen LogP contribution in [-0.2, 0) is 0 Å². The highest BCUT2D eigenvalue weighted by atomic mass is 16.5. The van der Waals surface area contributed by atoms with Crippen molar-refractivity contribution in [2.24, 2.45) is 5.73 Å². The normalized spacial score (nSPS) is 19.8. The van der Waals surface area contributed by atoms with Gasteiger partial charge in [0, 0.05) is 37.4 Å². The minimum Gasteiger partial charge on any atom is -0.492 e. The first-order valence-corrected chi connectivity index (χ1v) is 7.03. The Morgan fingerprint density at radius 1 is 1.42 bits per heavy atom. The summed E-state index contributed by atoms with van der Waals surface area (Å²) in [5, 5.41) is 0. The summed E-state index contributed by atoms with van der Waals surface area (Å²) in [6.45, 7) is 3.69. The molecule has 1 fully saturated rings. The van der Waals surface area contributed by atoms with Crippen molar-refractivity contribution in [3.8, 4) is 5.75 Å². The van der Waals surface area contributed by atoms with Gasteiger partial charge < -0.3 is 20.3 Å². The first kappa shape index (κ1) is 14.2. The van der Waals surface area contributed by atoms with Gasteiger partial charge in [0.15, 0.2) is 0 Å². The molecule has 0 aromatic heterocycles. The first-order valence-electron chi connectivity index (χ1n) is 7.03. The predicted molar refractivity (Wildman–Crippen MR) is 79.9 cm³/mol. The summed E-state index contributed by atoms with van der Waals surface area (Å²) >= 11 is 0. The van der Waals surface area contributed by atoms with Crippen LogP contribution in [0, 0.1) is 0 Å². The van der Waals surface area contributed by atoms with Crippen LogP contribution in [0.2, 0.25) is 0 Å². The number of ether oxygens (including phenoxy) is 1. The number of benzene rings is 1. The molecular formula is C15H25N3O. The Labute approximate surface area is 116 Å². The van der Waals surface area contributed by atoms with E-state index in [-0.39, 0.29) is 0 Å². The van der Waals surface area contributed by atoms with E-state index in [9.17, 15) is 0 Å². The van der Waals surface area contributed by atoms with Crippen LogP contribution in [0.1, 0.15) is 12.8 Å². The Morgan fingerprint density at radius 3 is 3.00 bits per heavy atom. The Hall–Kier alpha value is -1.26. The Bertz CT molecular complexity index is 395. The molecule has 2 N–H and O–H groups in total. The SMILES string of the molecule is CN(C)CCOc1cccc(N2CCCC(N)C2)c1. The minimum atomic E-state index is 0.298. The van der Waals surface area contributed by atoms with Crippen molar-refractivity contribution < 1.29 is 4.74 Å². The number of hydrogen-bond donors (Lipinski definition) is 1. The molecule has 4 nitrogen and oxygen atoms in total. The van der Waals surface area contributed by atoms with E-state index in [1.54, 1.807) is 0 Å². The van der Waals surface area contributed by atoms with Gasteiger partial charge in [-0.2, -0.15) is 0 Å². The Kier molecular flexibility index (Phi) is 5.05. The highest BCUT2D eigenvalue weighted by Crippen LogP contribution is 2.23. The van der Waals surface area contributed by atoms with E-state index in [1.165, 1.54) is 12.1 Å². The quantitative estimate of drug-likeness (QED) is 0.875. The van der Waals surface area contributed by atoms with Gasteiger partial charge in [-0.15, -0.1) is 0 Å². The van der Waals surface area contributed by atoms with E-state index >= 15 is 0 Å². The number of likely N-dealkylation sites (N-methyl/N-ethyl adjacent to an activating group) is 1. The second-order valence-electron chi connectivity index (χ2n) is 5.50. The predicted octanol–water partition coefficient (Wildman–Crippen LogP) is 1.55. The van der Waals surface area contributed by atoms with E-state index in [0.717, 1.165) is 38.4 Å². The molecule has 1 unspecified atom stereocenters. The van der Waals surface area contributed by atoms with Crippen molar-refractivity contribution in [1.29, 1.82) is 0 Å². The van der Waals surface area contributed by atoms with Gasteiger partial charge in [0.2, 0.25) is 0 Å². The van der Waals surface area contributed by atoms with Gasteiger partial charge in [0.05, 0.1) is 0 Å². The summed E-state index contributed by atoms with van der Waals surface area (Å²) in [6.07, 6.45) is 2.31. The molecule has 0 saturated carbocycles. The molecule has 1 aromatic rings. The molecule has 2 rings (SSSR count). The molecule has 0 bridgehead atoms. The molecule has 4 heteroatoms. The molecule has 1 heterocycles. The number of rotatable bonds is 5. The molecule has 1 atom stereocenters. The molecule has 19 heavy (non-hydrogen) atoms. The summed E-state index contributed by atoms with van der Waals surface area (Å²) in [7, 11) is 4.10. The maximum atomic E-state index is 6.04. The van der Waals surface area contributed by atoms with Crippen LogP contribution in [0.4, 0.5) is 5.69 Å². The third kappa shape index (κ3) is 4.40. The second kappa shape index (κ2) is 6.78. The van der Waals surface area contributed by atoms with Crippen molar-refractivity contribution in [3.05, 3.63) is 24.3 Å². The standard InChI is InChI=1S/C15H25N3O/c1-17(2)9-10-19-15-7-3-6-14(11-15)18-8-4-5-13(16)12-18/h3,6-7,11,13H,4-5,8-10,12,16H2,1-2H3. The van der Waals surface area contributed by atoms with Gasteiger partial charge in [-0.3, -0.25) is 0 Å². The first-order chi connectivity index (χ1) is 9.15. The maximum absolute atomic E-state index is 6.04.